The smallest absolute Gasteiger partial charge is 0.254 e. The number of hydrogen-bond donors (Lipinski definition) is 0. The zero-order valence-corrected chi connectivity index (χ0v) is 12.4. The van der Waals surface area contributed by atoms with E-state index in [1.165, 1.54) is 14.2 Å². The monoisotopic (exact) mass is 293 g/mol. The number of morpholine rings is 1. The maximum Gasteiger partial charge on any atom is 0.254 e. The fourth-order valence-corrected chi connectivity index (χ4v) is 3.02. The van der Waals surface area contributed by atoms with Crippen LogP contribution in [0.3, 0.4) is 0 Å². The van der Waals surface area contributed by atoms with Crippen molar-refractivity contribution < 1.29 is 23.7 Å². The Bertz CT molecular complexity index is 520. The van der Waals surface area contributed by atoms with Crippen LogP contribution in [0.5, 0.6) is 17.2 Å². The summed E-state index contributed by atoms with van der Waals surface area (Å²) in [7, 11) is 4.62. The summed E-state index contributed by atoms with van der Waals surface area (Å²) in [6.07, 6.45) is 1.02. The molecule has 1 aromatic rings. The van der Waals surface area contributed by atoms with Crippen molar-refractivity contribution in [2.45, 2.75) is 18.5 Å². The molecule has 1 aromatic carbocycles. The van der Waals surface area contributed by atoms with E-state index in [9.17, 15) is 4.79 Å². The van der Waals surface area contributed by atoms with Gasteiger partial charge in [0.25, 0.3) is 5.91 Å². The van der Waals surface area contributed by atoms with Crippen LogP contribution < -0.4 is 14.2 Å². The summed E-state index contributed by atoms with van der Waals surface area (Å²) in [5.74, 6) is 1.45. The summed E-state index contributed by atoms with van der Waals surface area (Å²) >= 11 is 0. The number of carbonyl (C=O) groups is 1. The SMILES string of the molecule is COc1cc(C(=O)N2[C@H]3COC[C@H]2C3)cc(OC)c1OC. The first kappa shape index (κ1) is 14.0. The van der Waals surface area contributed by atoms with Gasteiger partial charge < -0.3 is 23.8 Å². The topological polar surface area (TPSA) is 57.2 Å². The number of ether oxygens (including phenoxy) is 4. The van der Waals surface area contributed by atoms with Crippen LogP contribution in [0.1, 0.15) is 16.8 Å². The van der Waals surface area contributed by atoms with Crippen molar-refractivity contribution >= 4 is 5.91 Å². The number of fused-ring (bicyclic) bond motifs is 2. The predicted molar refractivity (Wildman–Crippen MR) is 75.3 cm³/mol. The van der Waals surface area contributed by atoms with E-state index in [4.69, 9.17) is 18.9 Å². The van der Waals surface area contributed by atoms with E-state index in [0.29, 0.717) is 36.0 Å². The first-order valence-corrected chi connectivity index (χ1v) is 6.90. The molecule has 6 heteroatoms. The van der Waals surface area contributed by atoms with Crippen molar-refractivity contribution in [3.63, 3.8) is 0 Å². The minimum Gasteiger partial charge on any atom is -0.493 e. The van der Waals surface area contributed by atoms with E-state index in [2.05, 4.69) is 0 Å². The molecule has 21 heavy (non-hydrogen) atoms. The van der Waals surface area contributed by atoms with E-state index in [1.54, 1.807) is 19.2 Å². The molecule has 2 aliphatic heterocycles. The van der Waals surface area contributed by atoms with Gasteiger partial charge in [-0.25, -0.2) is 0 Å². The van der Waals surface area contributed by atoms with E-state index < -0.39 is 0 Å². The van der Waals surface area contributed by atoms with E-state index in [1.807, 2.05) is 4.90 Å². The second-order valence-corrected chi connectivity index (χ2v) is 5.21. The van der Waals surface area contributed by atoms with Crippen molar-refractivity contribution in [2.24, 2.45) is 0 Å². The molecule has 0 N–H and O–H groups in total. The highest BCUT2D eigenvalue weighted by molar-refractivity contribution is 5.96. The van der Waals surface area contributed by atoms with Crippen LogP contribution in [0.15, 0.2) is 12.1 Å². The lowest BCUT2D eigenvalue weighted by atomic mass is 9.90. The molecule has 0 aromatic heterocycles. The van der Waals surface area contributed by atoms with Crippen molar-refractivity contribution in [2.75, 3.05) is 34.5 Å². The second kappa shape index (κ2) is 5.44. The minimum atomic E-state index is -0.0150. The standard InChI is InChI=1S/C15H19NO5/c1-18-12-4-9(5-13(19-2)14(12)20-3)15(17)16-10-6-11(16)8-21-7-10/h4-5,10-11H,6-8H2,1-3H3/t10-,11-/m1/s1. The van der Waals surface area contributed by atoms with Gasteiger partial charge in [0.1, 0.15) is 0 Å². The number of rotatable bonds is 4. The molecule has 2 bridgehead atoms. The molecule has 2 saturated heterocycles. The molecule has 0 saturated carbocycles. The van der Waals surface area contributed by atoms with Gasteiger partial charge in [0.05, 0.1) is 46.6 Å². The Morgan fingerprint density at radius 3 is 2.10 bits per heavy atom. The van der Waals surface area contributed by atoms with Crippen LogP contribution in [0.25, 0.3) is 0 Å². The molecule has 2 heterocycles. The second-order valence-electron chi connectivity index (χ2n) is 5.21. The van der Waals surface area contributed by atoms with E-state index in [0.717, 1.165) is 6.42 Å². The minimum absolute atomic E-state index is 0.0150. The van der Waals surface area contributed by atoms with Gasteiger partial charge in [-0.15, -0.1) is 0 Å². The van der Waals surface area contributed by atoms with E-state index in [-0.39, 0.29) is 18.0 Å². The van der Waals surface area contributed by atoms with Gasteiger partial charge in [0, 0.05) is 5.56 Å². The largest absolute Gasteiger partial charge is 0.493 e. The molecule has 0 unspecified atom stereocenters. The molecule has 114 valence electrons. The number of amides is 1. The fourth-order valence-electron chi connectivity index (χ4n) is 3.02. The number of nitrogens with zero attached hydrogens (tertiary/aromatic N) is 1. The lowest BCUT2D eigenvalue weighted by Crippen LogP contribution is -2.65. The molecule has 2 atom stereocenters. The maximum absolute atomic E-state index is 12.7. The summed E-state index contributed by atoms with van der Waals surface area (Å²) in [6.45, 7) is 1.24. The molecule has 2 fully saturated rings. The van der Waals surface area contributed by atoms with E-state index >= 15 is 0 Å². The van der Waals surface area contributed by atoms with Crippen LogP contribution in [0.4, 0.5) is 0 Å². The molecule has 1 amide bonds. The van der Waals surface area contributed by atoms with Crippen molar-refractivity contribution in [1.29, 1.82) is 0 Å². The Morgan fingerprint density at radius 1 is 1.10 bits per heavy atom. The van der Waals surface area contributed by atoms with Crippen LogP contribution in [0, 0.1) is 0 Å². The van der Waals surface area contributed by atoms with Crippen LogP contribution in [0.2, 0.25) is 0 Å². The third-order valence-electron chi connectivity index (χ3n) is 4.10. The van der Waals surface area contributed by atoms with Crippen molar-refractivity contribution in [3.05, 3.63) is 17.7 Å². The lowest BCUT2D eigenvalue weighted by Gasteiger charge is -2.52. The lowest BCUT2D eigenvalue weighted by molar-refractivity contribution is -0.104. The zero-order valence-electron chi connectivity index (χ0n) is 12.4. The van der Waals surface area contributed by atoms with Crippen LogP contribution >= 0.6 is 0 Å². The van der Waals surface area contributed by atoms with Crippen molar-refractivity contribution in [1.82, 2.24) is 4.90 Å². The molecular weight excluding hydrogens is 274 g/mol. The molecule has 3 rings (SSSR count). The number of carbonyl (C=O) groups excluding carboxylic acids is 1. The average Bonchev–Trinajstić information content (AvgIpc) is 2.53. The van der Waals surface area contributed by atoms with Gasteiger partial charge in [-0.2, -0.15) is 0 Å². The Hall–Kier alpha value is -1.95. The molecule has 0 spiro atoms. The van der Waals surface area contributed by atoms with Gasteiger partial charge in [-0.05, 0) is 18.6 Å². The highest BCUT2D eigenvalue weighted by Gasteiger charge is 2.45. The van der Waals surface area contributed by atoms with Crippen molar-refractivity contribution in [3.8, 4) is 17.2 Å². The summed E-state index contributed by atoms with van der Waals surface area (Å²) < 4.78 is 21.3. The highest BCUT2D eigenvalue weighted by atomic mass is 16.5. The summed E-state index contributed by atoms with van der Waals surface area (Å²) in [5.41, 5.74) is 0.543. The number of methoxy groups -OCH3 is 3. The Labute approximate surface area is 123 Å². The van der Waals surface area contributed by atoms with Crippen LogP contribution in [-0.4, -0.2) is 57.4 Å². The number of benzene rings is 1. The van der Waals surface area contributed by atoms with Gasteiger partial charge >= 0.3 is 0 Å². The van der Waals surface area contributed by atoms with Gasteiger partial charge in [0.2, 0.25) is 5.75 Å². The summed E-state index contributed by atoms with van der Waals surface area (Å²) in [5, 5.41) is 0. The molecule has 6 nitrogen and oxygen atoms in total. The molecule has 2 aliphatic rings. The highest BCUT2D eigenvalue weighted by Crippen LogP contribution is 2.40. The Kier molecular flexibility index (Phi) is 3.63. The third-order valence-corrected chi connectivity index (χ3v) is 4.10. The van der Waals surface area contributed by atoms with Gasteiger partial charge in [0.15, 0.2) is 11.5 Å². The van der Waals surface area contributed by atoms with Crippen LogP contribution in [-0.2, 0) is 4.74 Å². The summed E-state index contributed by atoms with van der Waals surface area (Å²) in [4.78, 5) is 14.6. The quantitative estimate of drug-likeness (QED) is 0.838. The third kappa shape index (κ3) is 2.19. The molecule has 0 aliphatic carbocycles. The first-order valence-electron chi connectivity index (χ1n) is 6.90. The molecule has 0 radical (unpaired) electrons. The Balaban J connectivity index is 1.93. The average molecular weight is 293 g/mol. The first-order chi connectivity index (χ1) is 10.2. The fraction of sp³-hybridized carbons (Fsp3) is 0.533. The normalized spacial score (nSPS) is 23.3. The number of hydrogen-bond acceptors (Lipinski definition) is 5. The predicted octanol–water partition coefficient (Wildman–Crippen LogP) is 1.33. The maximum atomic E-state index is 12.7. The van der Waals surface area contributed by atoms with Gasteiger partial charge in [-0.1, -0.05) is 0 Å². The zero-order chi connectivity index (χ0) is 15.0. The summed E-state index contributed by atoms with van der Waals surface area (Å²) in [6, 6.07) is 3.77. The molecular formula is C15H19NO5. The Morgan fingerprint density at radius 2 is 1.67 bits per heavy atom. The van der Waals surface area contributed by atoms with Gasteiger partial charge in [-0.3, -0.25) is 4.79 Å².